The highest BCUT2D eigenvalue weighted by molar-refractivity contribution is 9.10. The molecular weight excluding hydrogens is 348 g/mol. The number of aromatic nitrogens is 1. The molecule has 0 amide bonds. The lowest BCUT2D eigenvalue weighted by Crippen LogP contribution is -2.11. The maximum atomic E-state index is 11.6. The third-order valence-electron chi connectivity index (χ3n) is 3.20. The number of methoxy groups -OCH3 is 2. The summed E-state index contributed by atoms with van der Waals surface area (Å²) in [5.41, 5.74) is 1.41. The molecule has 1 heterocycles. The first-order valence-corrected chi connectivity index (χ1v) is 7.50. The van der Waals surface area contributed by atoms with Crippen LogP contribution in [0, 0.1) is 0 Å². The molecule has 0 aliphatic carbocycles. The van der Waals surface area contributed by atoms with Gasteiger partial charge in [0.1, 0.15) is 11.4 Å². The summed E-state index contributed by atoms with van der Waals surface area (Å²) in [6.45, 7) is 2.03. The van der Waals surface area contributed by atoms with Crippen LogP contribution in [0.15, 0.2) is 40.9 Å². The quantitative estimate of drug-likeness (QED) is 0.817. The van der Waals surface area contributed by atoms with Crippen LogP contribution >= 0.6 is 15.9 Å². The number of benzene rings is 1. The smallest absolute Gasteiger partial charge is 0.343 e. The van der Waals surface area contributed by atoms with Gasteiger partial charge in [-0.1, -0.05) is 34.1 Å². The van der Waals surface area contributed by atoms with Gasteiger partial charge in [0.15, 0.2) is 0 Å². The van der Waals surface area contributed by atoms with Gasteiger partial charge < -0.3 is 14.8 Å². The first-order valence-electron chi connectivity index (χ1n) is 6.71. The Bertz CT molecular complexity index is 676. The van der Waals surface area contributed by atoms with E-state index in [1.54, 1.807) is 12.1 Å². The van der Waals surface area contributed by atoms with E-state index < -0.39 is 5.97 Å². The Hall–Kier alpha value is -2.08. The summed E-state index contributed by atoms with van der Waals surface area (Å²) in [6.07, 6.45) is 0. The zero-order valence-corrected chi connectivity index (χ0v) is 14.2. The van der Waals surface area contributed by atoms with Crippen LogP contribution in [0.2, 0.25) is 0 Å². The summed E-state index contributed by atoms with van der Waals surface area (Å²) in [4.78, 5) is 15.9. The molecule has 0 radical (unpaired) electrons. The van der Waals surface area contributed by atoms with Gasteiger partial charge >= 0.3 is 5.97 Å². The highest BCUT2D eigenvalue weighted by atomic mass is 79.9. The molecule has 0 bridgehead atoms. The lowest BCUT2D eigenvalue weighted by molar-refractivity contribution is 0.0596. The fraction of sp³-hybridized carbons (Fsp3) is 0.250. The van der Waals surface area contributed by atoms with Crippen LogP contribution in [0.3, 0.4) is 0 Å². The van der Waals surface area contributed by atoms with Crippen molar-refractivity contribution in [1.29, 1.82) is 0 Å². The molecule has 116 valence electrons. The molecule has 1 aromatic carbocycles. The maximum Gasteiger partial charge on any atom is 0.343 e. The molecule has 0 saturated heterocycles. The van der Waals surface area contributed by atoms with Gasteiger partial charge in [0.2, 0.25) is 5.88 Å². The summed E-state index contributed by atoms with van der Waals surface area (Å²) in [5, 5.41) is 3.28. The van der Waals surface area contributed by atoms with Crippen LogP contribution in [0.5, 0.6) is 5.88 Å². The zero-order chi connectivity index (χ0) is 16.1. The summed E-state index contributed by atoms with van der Waals surface area (Å²) in [7, 11) is 2.79. The van der Waals surface area contributed by atoms with Gasteiger partial charge in [-0.25, -0.2) is 4.79 Å². The minimum atomic E-state index is -0.477. The Kier molecular flexibility index (Phi) is 5.38. The second-order valence-corrected chi connectivity index (χ2v) is 5.49. The van der Waals surface area contributed by atoms with Crippen molar-refractivity contribution in [3.8, 4) is 5.88 Å². The van der Waals surface area contributed by atoms with Crippen molar-refractivity contribution < 1.29 is 14.3 Å². The van der Waals surface area contributed by atoms with E-state index in [0.29, 0.717) is 11.4 Å². The highest BCUT2D eigenvalue weighted by Crippen LogP contribution is 2.27. The fourth-order valence-corrected chi connectivity index (χ4v) is 2.70. The number of rotatable bonds is 5. The number of ether oxygens (including phenoxy) is 2. The number of esters is 1. The number of carbonyl (C=O) groups excluding carboxylic acids is 1. The van der Waals surface area contributed by atoms with E-state index in [4.69, 9.17) is 9.47 Å². The molecule has 1 unspecified atom stereocenters. The molecule has 0 aliphatic heterocycles. The van der Waals surface area contributed by atoms with Crippen LogP contribution in [0.4, 0.5) is 5.82 Å². The van der Waals surface area contributed by atoms with E-state index in [1.807, 2.05) is 31.2 Å². The Morgan fingerprint density at radius 3 is 2.59 bits per heavy atom. The van der Waals surface area contributed by atoms with E-state index in [-0.39, 0.29) is 11.9 Å². The highest BCUT2D eigenvalue weighted by Gasteiger charge is 2.16. The molecule has 0 saturated carbocycles. The molecule has 2 aromatic rings. The average Bonchev–Trinajstić information content (AvgIpc) is 2.54. The number of pyridine rings is 1. The molecule has 6 heteroatoms. The second-order valence-electron chi connectivity index (χ2n) is 4.63. The van der Waals surface area contributed by atoms with Crippen LogP contribution in [0.25, 0.3) is 0 Å². The van der Waals surface area contributed by atoms with Crippen LogP contribution < -0.4 is 10.1 Å². The molecule has 2 rings (SSSR count). The van der Waals surface area contributed by atoms with E-state index in [0.717, 1.165) is 10.0 Å². The SMILES string of the molecule is COC(=O)c1ccc(NC(C)c2ccccc2Br)nc1OC. The minimum absolute atomic E-state index is 0.0387. The van der Waals surface area contributed by atoms with Gasteiger partial charge in [0.05, 0.1) is 20.3 Å². The molecule has 1 aromatic heterocycles. The predicted octanol–water partition coefficient (Wildman–Crippen LogP) is 3.81. The van der Waals surface area contributed by atoms with Gasteiger partial charge in [0, 0.05) is 4.47 Å². The number of nitrogens with one attached hydrogen (secondary N) is 1. The summed E-state index contributed by atoms with van der Waals surface area (Å²) in [6, 6.07) is 11.4. The largest absolute Gasteiger partial charge is 0.480 e. The van der Waals surface area contributed by atoms with E-state index >= 15 is 0 Å². The van der Waals surface area contributed by atoms with Crippen molar-refractivity contribution >= 4 is 27.7 Å². The van der Waals surface area contributed by atoms with E-state index in [2.05, 4.69) is 26.2 Å². The van der Waals surface area contributed by atoms with E-state index in [9.17, 15) is 4.79 Å². The molecule has 5 nitrogen and oxygen atoms in total. The summed E-state index contributed by atoms with van der Waals surface area (Å²) < 4.78 is 10.9. The summed E-state index contributed by atoms with van der Waals surface area (Å²) in [5.74, 6) is 0.374. The first kappa shape index (κ1) is 16.3. The first-order chi connectivity index (χ1) is 10.6. The molecule has 22 heavy (non-hydrogen) atoms. The molecule has 0 aliphatic rings. The van der Waals surface area contributed by atoms with Crippen molar-refractivity contribution in [2.45, 2.75) is 13.0 Å². The number of hydrogen-bond acceptors (Lipinski definition) is 5. The van der Waals surface area contributed by atoms with Gasteiger partial charge in [-0.05, 0) is 30.7 Å². The van der Waals surface area contributed by atoms with Crippen LogP contribution in [-0.2, 0) is 4.74 Å². The maximum absolute atomic E-state index is 11.6. The minimum Gasteiger partial charge on any atom is -0.480 e. The standard InChI is InChI=1S/C16H17BrN2O3/c1-10(11-6-4-5-7-13(11)17)18-14-9-8-12(16(20)22-3)15(19-14)21-2/h4-10H,1-3H3,(H,18,19). The molecule has 0 spiro atoms. The Labute approximate surface area is 137 Å². The third kappa shape index (κ3) is 3.57. The molecular formula is C16H17BrN2O3. The molecule has 1 atom stereocenters. The average molecular weight is 365 g/mol. The van der Waals surface area contributed by atoms with Gasteiger partial charge in [-0.2, -0.15) is 4.98 Å². The fourth-order valence-electron chi connectivity index (χ4n) is 2.07. The van der Waals surface area contributed by atoms with Gasteiger partial charge in [-0.15, -0.1) is 0 Å². The lowest BCUT2D eigenvalue weighted by Gasteiger charge is -2.17. The van der Waals surface area contributed by atoms with Gasteiger partial charge in [-0.3, -0.25) is 0 Å². The topological polar surface area (TPSA) is 60.5 Å². The third-order valence-corrected chi connectivity index (χ3v) is 3.92. The molecule has 1 N–H and O–H groups in total. The van der Waals surface area contributed by atoms with Crippen molar-refractivity contribution in [3.05, 3.63) is 52.0 Å². The zero-order valence-electron chi connectivity index (χ0n) is 12.6. The monoisotopic (exact) mass is 364 g/mol. The van der Waals surface area contributed by atoms with Gasteiger partial charge in [0.25, 0.3) is 0 Å². The Morgan fingerprint density at radius 2 is 1.95 bits per heavy atom. The van der Waals surface area contributed by atoms with E-state index in [1.165, 1.54) is 14.2 Å². The number of anilines is 1. The molecule has 0 fully saturated rings. The number of hydrogen-bond donors (Lipinski definition) is 1. The van der Waals surface area contributed by atoms with Crippen LogP contribution in [0.1, 0.15) is 28.9 Å². The van der Waals surface area contributed by atoms with Crippen molar-refractivity contribution in [3.63, 3.8) is 0 Å². The second kappa shape index (κ2) is 7.26. The lowest BCUT2D eigenvalue weighted by atomic mass is 10.1. The Morgan fingerprint density at radius 1 is 1.23 bits per heavy atom. The van der Waals surface area contributed by atoms with Crippen molar-refractivity contribution in [1.82, 2.24) is 4.98 Å². The van der Waals surface area contributed by atoms with Crippen LogP contribution in [-0.4, -0.2) is 25.2 Å². The summed E-state index contributed by atoms with van der Waals surface area (Å²) >= 11 is 3.53. The number of carbonyl (C=O) groups is 1. The predicted molar refractivity (Wildman–Crippen MR) is 88.3 cm³/mol. The number of halogens is 1. The number of nitrogens with zero attached hydrogens (tertiary/aromatic N) is 1. The normalized spacial score (nSPS) is 11.6. The van der Waals surface area contributed by atoms with Crippen molar-refractivity contribution in [2.24, 2.45) is 0 Å². The Balaban J connectivity index is 2.23. The van der Waals surface area contributed by atoms with Crippen molar-refractivity contribution in [2.75, 3.05) is 19.5 Å².